The molecule has 5 aromatic rings. The van der Waals surface area contributed by atoms with Crippen LogP contribution in [0.1, 0.15) is 41.6 Å². The van der Waals surface area contributed by atoms with Gasteiger partial charge in [-0.05, 0) is 73.4 Å². The van der Waals surface area contributed by atoms with Crippen molar-refractivity contribution < 1.29 is 19.7 Å². The third-order valence-electron chi connectivity index (χ3n) is 10.2. The third-order valence-corrected chi connectivity index (χ3v) is 10.2. The Bertz CT molecular complexity index is 1950. The quantitative estimate of drug-likeness (QED) is 0.244. The summed E-state index contributed by atoms with van der Waals surface area (Å²) >= 11 is 0. The van der Waals surface area contributed by atoms with Crippen molar-refractivity contribution in [2.75, 3.05) is 13.7 Å². The molecule has 3 fully saturated rings. The lowest BCUT2D eigenvalue weighted by atomic mass is 10.0. The van der Waals surface area contributed by atoms with Gasteiger partial charge in [0.25, 0.3) is 5.91 Å². The fraction of sp³-hybridized carbons (Fsp3) is 0.371. The molecule has 9 heteroatoms. The summed E-state index contributed by atoms with van der Waals surface area (Å²) in [5, 5.41) is 21.1. The topological polar surface area (TPSA) is 119 Å². The lowest BCUT2D eigenvalue weighted by Gasteiger charge is -2.27. The van der Waals surface area contributed by atoms with Crippen LogP contribution in [0.15, 0.2) is 54.6 Å². The predicted octanol–water partition coefficient (Wildman–Crippen LogP) is 5.04. The van der Waals surface area contributed by atoms with E-state index in [1.54, 1.807) is 13.2 Å². The number of likely N-dealkylation sites (tertiary alicyclic amines) is 1. The Balaban J connectivity index is 1.28. The van der Waals surface area contributed by atoms with Crippen molar-refractivity contribution in [2.24, 2.45) is 24.6 Å². The molecule has 2 bridgehead atoms. The Kier molecular flexibility index (Phi) is 6.25. The Morgan fingerprint density at radius 3 is 2.61 bits per heavy atom. The molecule has 3 aromatic carbocycles. The Morgan fingerprint density at radius 2 is 1.91 bits per heavy atom. The van der Waals surface area contributed by atoms with E-state index in [2.05, 4.69) is 27.3 Å². The number of ether oxygens (including phenoxy) is 1. The molecule has 1 amide bonds. The summed E-state index contributed by atoms with van der Waals surface area (Å²) in [6.45, 7) is 1.34. The summed E-state index contributed by atoms with van der Waals surface area (Å²) in [4.78, 5) is 20.8. The van der Waals surface area contributed by atoms with Crippen molar-refractivity contribution in [3.05, 3.63) is 65.7 Å². The van der Waals surface area contributed by atoms with E-state index in [-0.39, 0.29) is 30.3 Å². The zero-order chi connectivity index (χ0) is 30.3. The number of fused-ring (bicyclic) bond motifs is 4. The van der Waals surface area contributed by atoms with Gasteiger partial charge in [-0.15, -0.1) is 0 Å². The first-order valence-corrected chi connectivity index (χ1v) is 15.5. The van der Waals surface area contributed by atoms with E-state index in [9.17, 15) is 15.0 Å². The molecule has 2 saturated carbocycles. The molecule has 4 N–H and O–H groups in total. The molecule has 3 aliphatic rings. The first-order valence-electron chi connectivity index (χ1n) is 15.5. The van der Waals surface area contributed by atoms with Gasteiger partial charge in [-0.25, -0.2) is 4.98 Å². The molecule has 0 radical (unpaired) electrons. The average molecular weight is 592 g/mol. The third kappa shape index (κ3) is 4.13. The molecular weight excluding hydrogens is 554 g/mol. The summed E-state index contributed by atoms with van der Waals surface area (Å²) in [6.07, 6.45) is 4.44. The van der Waals surface area contributed by atoms with E-state index < -0.39 is 0 Å². The summed E-state index contributed by atoms with van der Waals surface area (Å²) in [7, 11) is 3.64. The molecular formula is C35H37N5O4. The SMILES string of the molecule is COc1cc(C(=O)N2C[C@H]3CC[C@@H]2[C@@H]3N)cc2nc(-c3cc4cccc(-c5ccc(O)c(CO)c5)c4n3CC3CC3)n(C)c12. The van der Waals surface area contributed by atoms with E-state index >= 15 is 0 Å². The second-order valence-electron chi connectivity index (χ2n) is 12.8. The van der Waals surface area contributed by atoms with Crippen LogP contribution in [-0.2, 0) is 20.2 Å². The average Bonchev–Trinajstić information content (AvgIpc) is 3.42. The molecule has 3 heterocycles. The number of nitrogens with two attached hydrogens (primary N) is 1. The highest BCUT2D eigenvalue weighted by atomic mass is 16.5. The maximum absolute atomic E-state index is 13.7. The van der Waals surface area contributed by atoms with Crippen molar-refractivity contribution in [1.29, 1.82) is 0 Å². The monoisotopic (exact) mass is 591 g/mol. The van der Waals surface area contributed by atoms with Gasteiger partial charge in [0.15, 0.2) is 5.82 Å². The van der Waals surface area contributed by atoms with Crippen molar-refractivity contribution in [1.82, 2.24) is 19.0 Å². The number of aliphatic hydroxyl groups excluding tert-OH is 1. The van der Waals surface area contributed by atoms with Crippen molar-refractivity contribution in [3.8, 4) is 34.1 Å². The number of hydrogen-bond donors (Lipinski definition) is 3. The van der Waals surface area contributed by atoms with Crippen LogP contribution in [0.25, 0.3) is 44.6 Å². The number of hydrogen-bond acceptors (Lipinski definition) is 6. The van der Waals surface area contributed by atoms with Gasteiger partial charge in [-0.2, -0.15) is 0 Å². The first kappa shape index (κ1) is 27.2. The van der Waals surface area contributed by atoms with Crippen LogP contribution in [0, 0.1) is 11.8 Å². The van der Waals surface area contributed by atoms with E-state index in [1.807, 2.05) is 42.3 Å². The first-order chi connectivity index (χ1) is 21.4. The number of aliphatic hydroxyl groups is 1. The molecule has 2 aliphatic carbocycles. The Labute approximate surface area is 255 Å². The van der Waals surface area contributed by atoms with Crippen LogP contribution in [0.4, 0.5) is 0 Å². The van der Waals surface area contributed by atoms with E-state index in [0.717, 1.165) is 58.5 Å². The van der Waals surface area contributed by atoms with Crippen LogP contribution in [-0.4, -0.2) is 60.9 Å². The summed E-state index contributed by atoms with van der Waals surface area (Å²) < 4.78 is 10.3. The number of aromatic hydroxyl groups is 1. The summed E-state index contributed by atoms with van der Waals surface area (Å²) in [5.41, 5.74) is 13.1. The largest absolute Gasteiger partial charge is 0.508 e. The van der Waals surface area contributed by atoms with Gasteiger partial charge >= 0.3 is 0 Å². The molecule has 226 valence electrons. The molecule has 44 heavy (non-hydrogen) atoms. The van der Waals surface area contributed by atoms with Crippen LogP contribution in [0.2, 0.25) is 0 Å². The molecule has 2 aromatic heterocycles. The van der Waals surface area contributed by atoms with Gasteiger partial charge in [0.1, 0.15) is 17.0 Å². The number of benzene rings is 3. The molecule has 1 aliphatic heterocycles. The number of carbonyl (C=O) groups is 1. The number of methoxy groups -OCH3 is 1. The highest BCUT2D eigenvalue weighted by Crippen LogP contribution is 2.42. The fourth-order valence-electron chi connectivity index (χ4n) is 7.64. The molecule has 9 nitrogen and oxygen atoms in total. The van der Waals surface area contributed by atoms with Gasteiger partial charge in [0.2, 0.25) is 0 Å². The van der Waals surface area contributed by atoms with Crippen LogP contribution >= 0.6 is 0 Å². The highest BCUT2D eigenvalue weighted by molar-refractivity contribution is 6.01. The lowest BCUT2D eigenvalue weighted by Crippen LogP contribution is -2.41. The minimum Gasteiger partial charge on any atom is -0.508 e. The second kappa shape index (κ2) is 10.1. The van der Waals surface area contributed by atoms with E-state index in [4.69, 9.17) is 15.5 Å². The van der Waals surface area contributed by atoms with Crippen LogP contribution in [0.3, 0.4) is 0 Å². The minimum atomic E-state index is -0.234. The highest BCUT2D eigenvalue weighted by Gasteiger charge is 2.47. The number of phenols is 1. The van der Waals surface area contributed by atoms with Gasteiger partial charge in [-0.3, -0.25) is 4.79 Å². The van der Waals surface area contributed by atoms with Crippen LogP contribution in [0.5, 0.6) is 11.5 Å². The number of aryl methyl sites for hydroxylation is 1. The standard InChI is InChI=1S/C35H37N5O4/c1-38-33-26(13-23(15-30(33)44-2)35(43)40-17-22-8-10-27(40)31(22)36)37-34(38)28-14-21-4-3-5-25(32(21)39(28)16-19-6-7-19)20-9-11-29(42)24(12-20)18-41/h3-5,9,11-15,19,22,27,31,41-42H,6-8,10,16-18,36H2,1-2H3/t22-,27-,31-/m1/s1. The molecule has 0 unspecified atom stereocenters. The van der Waals surface area contributed by atoms with Crippen molar-refractivity contribution >= 4 is 27.8 Å². The lowest BCUT2D eigenvalue weighted by molar-refractivity contribution is 0.0700. The van der Waals surface area contributed by atoms with Gasteiger partial charge in [0.05, 0.1) is 30.4 Å². The maximum Gasteiger partial charge on any atom is 0.254 e. The second-order valence-corrected chi connectivity index (χ2v) is 12.8. The predicted molar refractivity (Wildman–Crippen MR) is 169 cm³/mol. The fourth-order valence-corrected chi connectivity index (χ4v) is 7.64. The van der Waals surface area contributed by atoms with Crippen LogP contribution < -0.4 is 10.5 Å². The zero-order valence-electron chi connectivity index (χ0n) is 25.0. The van der Waals surface area contributed by atoms with E-state index in [0.29, 0.717) is 40.8 Å². The number of amides is 1. The van der Waals surface area contributed by atoms with Crippen molar-refractivity contribution in [2.45, 2.75) is 50.9 Å². The number of aromatic nitrogens is 3. The smallest absolute Gasteiger partial charge is 0.254 e. The number of imidazole rings is 1. The number of para-hydroxylation sites is 1. The zero-order valence-corrected chi connectivity index (χ0v) is 25.0. The Morgan fingerprint density at radius 1 is 1.07 bits per heavy atom. The molecule has 8 rings (SSSR count). The molecule has 0 spiro atoms. The molecule has 1 saturated heterocycles. The number of piperidine rings is 1. The number of carbonyl (C=O) groups excluding carboxylic acids is 1. The molecule has 3 atom stereocenters. The van der Waals surface area contributed by atoms with Gasteiger partial charge < -0.3 is 34.7 Å². The Hall–Kier alpha value is -4.34. The maximum atomic E-state index is 13.7. The minimum absolute atomic E-state index is 0.0105. The van der Waals surface area contributed by atoms with E-state index in [1.165, 1.54) is 12.8 Å². The summed E-state index contributed by atoms with van der Waals surface area (Å²) in [5.74, 6) is 2.47. The number of rotatable bonds is 7. The number of nitrogens with zero attached hydrogens (tertiary/aromatic N) is 4. The normalized spacial score (nSPS) is 21.2. The summed E-state index contributed by atoms with van der Waals surface area (Å²) in [6, 6.07) is 17.7. The van der Waals surface area contributed by atoms with Gasteiger partial charge in [0, 0.05) is 54.3 Å². The van der Waals surface area contributed by atoms with Gasteiger partial charge in [-0.1, -0.05) is 24.3 Å². The van der Waals surface area contributed by atoms with Crippen molar-refractivity contribution in [3.63, 3.8) is 0 Å².